The maximum Gasteiger partial charge on any atom is 0.416 e. The molecule has 140 valence electrons. The minimum atomic E-state index is -4.46. The van der Waals surface area contributed by atoms with E-state index in [0.717, 1.165) is 24.4 Å². The van der Waals surface area contributed by atoms with Crippen molar-refractivity contribution in [2.24, 2.45) is 0 Å². The van der Waals surface area contributed by atoms with Crippen molar-refractivity contribution in [2.75, 3.05) is 5.32 Å². The van der Waals surface area contributed by atoms with Gasteiger partial charge in [0.15, 0.2) is 0 Å². The van der Waals surface area contributed by atoms with Gasteiger partial charge >= 0.3 is 6.18 Å². The second-order valence-corrected chi connectivity index (χ2v) is 5.91. The third-order valence-electron chi connectivity index (χ3n) is 3.76. The first-order valence-electron chi connectivity index (χ1n) is 7.55. The van der Waals surface area contributed by atoms with Gasteiger partial charge in [-0.1, -0.05) is 30.7 Å². The lowest BCUT2D eigenvalue weighted by Crippen LogP contribution is -2.27. The quantitative estimate of drug-likeness (QED) is 0.557. The number of nitrogens with zero attached hydrogens (tertiary/aromatic N) is 2. The number of anilines is 1. The number of hydrogen-bond donors (Lipinski definition) is 2. The van der Waals surface area contributed by atoms with Gasteiger partial charge in [0.2, 0.25) is 0 Å². The molecule has 0 spiro atoms. The molecule has 0 aliphatic rings. The van der Waals surface area contributed by atoms with E-state index < -0.39 is 28.8 Å². The summed E-state index contributed by atoms with van der Waals surface area (Å²) in [5.74, 6) is 0.134. The van der Waals surface area contributed by atoms with E-state index in [1.165, 1.54) is 12.1 Å². The van der Waals surface area contributed by atoms with Gasteiger partial charge in [0.05, 0.1) is 27.7 Å². The van der Waals surface area contributed by atoms with Gasteiger partial charge in [0.25, 0.3) is 5.69 Å². The molecule has 2 unspecified atom stereocenters. The lowest BCUT2D eigenvalue weighted by atomic mass is 9.99. The normalized spacial score (nSPS) is 13.9. The highest BCUT2D eigenvalue weighted by Gasteiger charge is 2.30. The van der Waals surface area contributed by atoms with Gasteiger partial charge in [0.1, 0.15) is 12.0 Å². The summed E-state index contributed by atoms with van der Waals surface area (Å²) in [5.41, 5.74) is -0.804. The van der Waals surface area contributed by atoms with Crippen molar-refractivity contribution in [1.29, 1.82) is 0 Å². The van der Waals surface area contributed by atoms with Gasteiger partial charge in [-0.25, -0.2) is 4.98 Å². The molecule has 2 atom stereocenters. The zero-order chi connectivity index (χ0) is 19.5. The Kier molecular flexibility index (Phi) is 6.04. The van der Waals surface area contributed by atoms with Crippen molar-refractivity contribution in [3.05, 3.63) is 62.8 Å². The molecule has 0 amide bonds. The number of nitrogens with one attached hydrogen (secondary N) is 1. The Bertz CT molecular complexity index is 785. The average Bonchev–Trinajstić information content (AvgIpc) is 2.59. The van der Waals surface area contributed by atoms with E-state index in [-0.39, 0.29) is 22.1 Å². The molecule has 0 aliphatic carbocycles. The predicted octanol–water partition coefficient (Wildman–Crippen LogP) is 4.59. The molecule has 26 heavy (non-hydrogen) atoms. The largest absolute Gasteiger partial charge is 0.416 e. The van der Waals surface area contributed by atoms with Crippen molar-refractivity contribution in [3.8, 4) is 0 Å². The number of aliphatic hydroxyl groups is 1. The number of alkyl halides is 3. The molecular formula is C16H15ClF3N3O3. The molecular weight excluding hydrogens is 375 g/mol. The van der Waals surface area contributed by atoms with E-state index in [9.17, 15) is 28.4 Å². The van der Waals surface area contributed by atoms with Crippen molar-refractivity contribution in [1.82, 2.24) is 4.98 Å². The number of rotatable bonds is 6. The Hall–Kier alpha value is -2.39. The molecule has 1 aromatic heterocycles. The summed E-state index contributed by atoms with van der Waals surface area (Å²) in [4.78, 5) is 13.9. The molecule has 0 saturated carbocycles. The fourth-order valence-electron chi connectivity index (χ4n) is 2.32. The average molecular weight is 390 g/mol. The summed E-state index contributed by atoms with van der Waals surface area (Å²) in [7, 11) is 0. The summed E-state index contributed by atoms with van der Waals surface area (Å²) in [6.07, 6.45) is -4.17. The summed E-state index contributed by atoms with van der Waals surface area (Å²) in [6.45, 7) is 1.75. The zero-order valence-electron chi connectivity index (χ0n) is 13.5. The van der Waals surface area contributed by atoms with Gasteiger partial charge in [0, 0.05) is 6.07 Å². The van der Waals surface area contributed by atoms with Crippen LogP contribution in [0, 0.1) is 10.1 Å². The van der Waals surface area contributed by atoms with E-state index in [2.05, 4.69) is 10.3 Å². The molecule has 0 saturated heterocycles. The van der Waals surface area contributed by atoms with Crippen LogP contribution in [0.2, 0.25) is 5.02 Å². The van der Waals surface area contributed by atoms with Crippen LogP contribution < -0.4 is 5.32 Å². The van der Waals surface area contributed by atoms with E-state index in [4.69, 9.17) is 11.6 Å². The molecule has 1 aromatic carbocycles. The number of halogens is 4. The van der Waals surface area contributed by atoms with E-state index in [0.29, 0.717) is 6.42 Å². The van der Waals surface area contributed by atoms with Gasteiger partial charge < -0.3 is 10.4 Å². The van der Waals surface area contributed by atoms with Crippen LogP contribution in [0.3, 0.4) is 0 Å². The SMILES string of the molecule is CCC(Nc1ncc([N+](=O)[O-])cc1Cl)C(O)c1ccc(C(F)(F)F)cc1. The molecule has 10 heteroatoms. The monoisotopic (exact) mass is 389 g/mol. The highest BCUT2D eigenvalue weighted by molar-refractivity contribution is 6.33. The maximum atomic E-state index is 12.6. The molecule has 2 N–H and O–H groups in total. The van der Waals surface area contributed by atoms with Gasteiger partial charge in [-0.15, -0.1) is 0 Å². The zero-order valence-corrected chi connectivity index (χ0v) is 14.3. The molecule has 0 radical (unpaired) electrons. The van der Waals surface area contributed by atoms with Crippen LogP contribution in [0.15, 0.2) is 36.5 Å². The first kappa shape index (κ1) is 19.9. The Morgan fingerprint density at radius 3 is 2.42 bits per heavy atom. The van der Waals surface area contributed by atoms with Crippen molar-refractivity contribution >= 4 is 23.1 Å². The van der Waals surface area contributed by atoms with E-state index >= 15 is 0 Å². The van der Waals surface area contributed by atoms with Crippen LogP contribution >= 0.6 is 11.6 Å². The van der Waals surface area contributed by atoms with Crippen molar-refractivity contribution in [2.45, 2.75) is 31.7 Å². The number of hydrogen-bond acceptors (Lipinski definition) is 5. The van der Waals surface area contributed by atoms with Crippen LogP contribution in [-0.2, 0) is 6.18 Å². The van der Waals surface area contributed by atoms with E-state index in [1.807, 2.05) is 0 Å². The predicted molar refractivity (Wildman–Crippen MR) is 90.0 cm³/mol. The highest BCUT2D eigenvalue weighted by Crippen LogP contribution is 2.32. The number of pyridine rings is 1. The summed E-state index contributed by atoms with van der Waals surface area (Å²) < 4.78 is 37.9. The fourth-order valence-corrected chi connectivity index (χ4v) is 2.53. The Morgan fingerprint density at radius 2 is 1.96 bits per heavy atom. The minimum Gasteiger partial charge on any atom is -0.386 e. The first-order valence-corrected chi connectivity index (χ1v) is 7.93. The third-order valence-corrected chi connectivity index (χ3v) is 4.05. The summed E-state index contributed by atoms with van der Waals surface area (Å²) in [5, 5.41) is 24.0. The second-order valence-electron chi connectivity index (χ2n) is 5.50. The van der Waals surface area contributed by atoms with Crippen LogP contribution in [0.25, 0.3) is 0 Å². The fraction of sp³-hybridized carbons (Fsp3) is 0.312. The number of nitro groups is 1. The molecule has 0 bridgehead atoms. The van der Waals surface area contributed by atoms with Crippen molar-refractivity contribution < 1.29 is 23.2 Å². The van der Waals surface area contributed by atoms with E-state index in [1.54, 1.807) is 6.92 Å². The molecule has 1 heterocycles. The Balaban J connectivity index is 2.18. The summed E-state index contributed by atoms with van der Waals surface area (Å²) in [6, 6.07) is 4.68. The lowest BCUT2D eigenvalue weighted by Gasteiger charge is -2.24. The van der Waals surface area contributed by atoms with Crippen LogP contribution in [0.1, 0.15) is 30.6 Å². The van der Waals surface area contributed by atoms with Crippen LogP contribution in [-0.4, -0.2) is 21.1 Å². The third kappa shape index (κ3) is 4.61. The van der Waals surface area contributed by atoms with Crippen molar-refractivity contribution in [3.63, 3.8) is 0 Å². The highest BCUT2D eigenvalue weighted by atomic mass is 35.5. The molecule has 6 nitrogen and oxygen atoms in total. The van der Waals surface area contributed by atoms with Gasteiger partial charge in [-0.05, 0) is 24.1 Å². The maximum absolute atomic E-state index is 12.6. The lowest BCUT2D eigenvalue weighted by molar-refractivity contribution is -0.385. The number of aromatic nitrogens is 1. The topological polar surface area (TPSA) is 88.3 Å². The first-order chi connectivity index (χ1) is 12.1. The Labute approximate surface area is 151 Å². The second kappa shape index (κ2) is 7.88. The van der Waals surface area contributed by atoms with Crippen LogP contribution in [0.5, 0.6) is 0 Å². The Morgan fingerprint density at radius 1 is 1.35 bits per heavy atom. The van der Waals surface area contributed by atoms with Crippen LogP contribution in [0.4, 0.5) is 24.7 Å². The molecule has 2 aromatic rings. The molecule has 2 rings (SSSR count). The minimum absolute atomic E-state index is 0.00253. The van der Waals surface area contributed by atoms with Gasteiger partial charge in [-0.3, -0.25) is 10.1 Å². The van der Waals surface area contributed by atoms with Gasteiger partial charge in [-0.2, -0.15) is 13.2 Å². The number of aliphatic hydroxyl groups excluding tert-OH is 1. The smallest absolute Gasteiger partial charge is 0.386 e. The molecule has 0 fully saturated rings. The molecule has 0 aliphatic heterocycles. The summed E-state index contributed by atoms with van der Waals surface area (Å²) >= 11 is 5.96. The number of benzene rings is 1. The standard InChI is InChI=1S/C16H15ClF3N3O3/c1-2-13(22-15-12(17)7-11(8-21-15)23(25)26)14(24)9-3-5-10(6-4-9)16(18,19)20/h3-8,13-14,24H,2H2,1H3,(H,21,22).